The maximum Gasteiger partial charge on any atom is 0.324 e. The van der Waals surface area contributed by atoms with Gasteiger partial charge in [0, 0.05) is 0 Å². The smallest absolute Gasteiger partial charge is 0.324 e. The van der Waals surface area contributed by atoms with E-state index in [9.17, 15) is 4.79 Å². The number of benzene rings is 1. The molecule has 1 rings (SSSR count). The summed E-state index contributed by atoms with van der Waals surface area (Å²) < 4.78 is 5.20. The highest BCUT2D eigenvalue weighted by Crippen LogP contribution is 2.24. The molecule has 0 N–H and O–H groups in total. The average Bonchev–Trinajstić information content (AvgIpc) is 2.28. The first-order valence-corrected chi connectivity index (χ1v) is 6.55. The third kappa shape index (κ3) is 5.10. The number of nitrogens with zero attached hydrogens (tertiary/aromatic N) is 1. The molecule has 0 aliphatic rings. The highest BCUT2D eigenvalue weighted by atomic mass is 35.5. The van der Waals surface area contributed by atoms with E-state index in [1.54, 1.807) is 39.0 Å². The molecule has 19 heavy (non-hydrogen) atoms. The summed E-state index contributed by atoms with van der Waals surface area (Å²) in [4.78, 5) is 11.8. The number of carbonyl (C=O) groups is 1. The third-order valence-electron chi connectivity index (χ3n) is 2.27. The molecule has 1 atom stereocenters. The van der Waals surface area contributed by atoms with Crippen LogP contribution < -0.4 is 0 Å². The molecule has 0 aliphatic heterocycles. The molecule has 1 aromatic rings. The maximum absolute atomic E-state index is 11.8. The Hall–Kier alpha value is -1.24. The van der Waals surface area contributed by atoms with Crippen molar-refractivity contribution >= 4 is 29.2 Å². The summed E-state index contributed by atoms with van der Waals surface area (Å²) in [7, 11) is 0. The van der Waals surface area contributed by atoms with Gasteiger partial charge in [0.05, 0.1) is 16.1 Å². The zero-order chi connectivity index (χ0) is 14.6. The minimum atomic E-state index is -0.850. The number of carbonyl (C=O) groups excluding carboxylic acids is 1. The van der Waals surface area contributed by atoms with E-state index in [4.69, 9.17) is 33.2 Å². The number of halogens is 2. The van der Waals surface area contributed by atoms with Crippen LogP contribution in [-0.4, -0.2) is 11.6 Å². The van der Waals surface area contributed by atoms with Gasteiger partial charge in [-0.15, -0.1) is 0 Å². The van der Waals surface area contributed by atoms with Crippen molar-refractivity contribution in [3.63, 3.8) is 0 Å². The van der Waals surface area contributed by atoms with Gasteiger partial charge in [-0.2, -0.15) is 5.26 Å². The zero-order valence-corrected chi connectivity index (χ0v) is 12.5. The van der Waals surface area contributed by atoms with E-state index in [2.05, 4.69) is 0 Å². The van der Waals surface area contributed by atoms with Crippen LogP contribution in [0.15, 0.2) is 18.2 Å². The summed E-state index contributed by atoms with van der Waals surface area (Å²) in [6, 6.07) is 6.99. The van der Waals surface area contributed by atoms with Gasteiger partial charge < -0.3 is 4.74 Å². The molecule has 0 aliphatic carbocycles. The molecule has 0 saturated heterocycles. The van der Waals surface area contributed by atoms with E-state index < -0.39 is 17.5 Å². The Labute approximate surface area is 123 Å². The van der Waals surface area contributed by atoms with Crippen molar-refractivity contribution in [2.45, 2.75) is 32.8 Å². The second kappa shape index (κ2) is 6.27. The number of nitriles is 1. The van der Waals surface area contributed by atoms with Crippen molar-refractivity contribution in [3.05, 3.63) is 33.8 Å². The van der Waals surface area contributed by atoms with Crippen LogP contribution in [0.4, 0.5) is 0 Å². The number of hydrogen-bond donors (Lipinski definition) is 0. The summed E-state index contributed by atoms with van der Waals surface area (Å²) in [5.74, 6) is -1.38. The van der Waals surface area contributed by atoms with E-state index in [1.807, 2.05) is 6.07 Å². The summed E-state index contributed by atoms with van der Waals surface area (Å²) in [6.07, 6.45) is 0.252. The van der Waals surface area contributed by atoms with Gasteiger partial charge in [-0.05, 0) is 44.9 Å². The maximum atomic E-state index is 11.8. The molecule has 0 bridgehead atoms. The van der Waals surface area contributed by atoms with Crippen LogP contribution in [0.2, 0.25) is 10.0 Å². The molecule has 102 valence electrons. The lowest BCUT2D eigenvalue weighted by Gasteiger charge is -2.21. The van der Waals surface area contributed by atoms with Gasteiger partial charge in [-0.3, -0.25) is 4.79 Å². The number of rotatable bonds is 3. The quantitative estimate of drug-likeness (QED) is 0.792. The molecule has 0 radical (unpaired) electrons. The summed E-state index contributed by atoms with van der Waals surface area (Å²) in [5.41, 5.74) is 0.163. The monoisotopic (exact) mass is 299 g/mol. The summed E-state index contributed by atoms with van der Waals surface area (Å²) >= 11 is 11.7. The minimum absolute atomic E-state index is 0.252. The second-order valence-electron chi connectivity index (χ2n) is 5.17. The second-order valence-corrected chi connectivity index (χ2v) is 5.98. The van der Waals surface area contributed by atoms with E-state index in [1.165, 1.54) is 0 Å². The Morgan fingerprint density at radius 3 is 2.47 bits per heavy atom. The summed E-state index contributed by atoms with van der Waals surface area (Å²) in [6.45, 7) is 5.29. The SMILES string of the molecule is CC(C)(C)OC(=O)C(C#N)Cc1ccc(Cl)c(Cl)c1. The van der Waals surface area contributed by atoms with Crippen LogP contribution in [0.5, 0.6) is 0 Å². The predicted octanol–water partition coefficient (Wildman–Crippen LogP) is 4.02. The molecule has 0 saturated carbocycles. The van der Waals surface area contributed by atoms with Crippen molar-refractivity contribution in [1.82, 2.24) is 0 Å². The first-order valence-electron chi connectivity index (χ1n) is 5.79. The van der Waals surface area contributed by atoms with Crippen molar-refractivity contribution < 1.29 is 9.53 Å². The van der Waals surface area contributed by atoms with E-state index in [0.29, 0.717) is 10.0 Å². The fourth-order valence-corrected chi connectivity index (χ4v) is 1.78. The van der Waals surface area contributed by atoms with Gasteiger partial charge in [-0.25, -0.2) is 0 Å². The van der Waals surface area contributed by atoms with Gasteiger partial charge in [0.15, 0.2) is 0 Å². The van der Waals surface area contributed by atoms with Gasteiger partial charge in [-0.1, -0.05) is 29.3 Å². The molecular weight excluding hydrogens is 285 g/mol. The normalized spacial score (nSPS) is 12.6. The van der Waals surface area contributed by atoms with Crippen molar-refractivity contribution in [2.24, 2.45) is 5.92 Å². The van der Waals surface area contributed by atoms with Crippen molar-refractivity contribution in [3.8, 4) is 6.07 Å². The van der Waals surface area contributed by atoms with E-state index in [-0.39, 0.29) is 6.42 Å². The Kier molecular flexibility index (Phi) is 5.22. The van der Waals surface area contributed by atoms with Gasteiger partial charge >= 0.3 is 5.97 Å². The first-order chi connectivity index (χ1) is 8.73. The van der Waals surface area contributed by atoms with Crippen LogP contribution in [0, 0.1) is 17.2 Å². The first kappa shape index (κ1) is 15.8. The van der Waals surface area contributed by atoms with Crippen LogP contribution in [-0.2, 0) is 16.0 Å². The standard InChI is InChI=1S/C14H15Cl2NO2/c1-14(2,3)19-13(18)10(8-17)6-9-4-5-11(15)12(16)7-9/h4-5,7,10H,6H2,1-3H3. The van der Waals surface area contributed by atoms with Crippen molar-refractivity contribution in [1.29, 1.82) is 5.26 Å². The summed E-state index contributed by atoms with van der Waals surface area (Å²) in [5, 5.41) is 9.91. The molecule has 0 aromatic heterocycles. The van der Waals surface area contributed by atoms with Crippen molar-refractivity contribution in [2.75, 3.05) is 0 Å². The molecule has 1 unspecified atom stereocenters. The Balaban J connectivity index is 2.80. The fraction of sp³-hybridized carbons (Fsp3) is 0.429. The predicted molar refractivity (Wildman–Crippen MR) is 75.1 cm³/mol. The minimum Gasteiger partial charge on any atom is -0.459 e. The molecule has 0 fully saturated rings. The Morgan fingerprint density at radius 2 is 2.00 bits per heavy atom. The molecule has 0 amide bonds. The van der Waals surface area contributed by atoms with E-state index in [0.717, 1.165) is 5.56 Å². The highest BCUT2D eigenvalue weighted by Gasteiger charge is 2.25. The largest absolute Gasteiger partial charge is 0.459 e. The Bertz CT molecular complexity index is 515. The molecule has 0 heterocycles. The number of ether oxygens (including phenoxy) is 1. The zero-order valence-electron chi connectivity index (χ0n) is 11.0. The van der Waals surface area contributed by atoms with Gasteiger partial charge in [0.1, 0.15) is 11.5 Å². The third-order valence-corrected chi connectivity index (χ3v) is 3.01. The molecule has 3 nitrogen and oxygen atoms in total. The van der Waals surface area contributed by atoms with E-state index >= 15 is 0 Å². The van der Waals surface area contributed by atoms with Gasteiger partial charge in [0.25, 0.3) is 0 Å². The molecule has 1 aromatic carbocycles. The lowest BCUT2D eigenvalue weighted by Crippen LogP contribution is -2.29. The topological polar surface area (TPSA) is 50.1 Å². The lowest BCUT2D eigenvalue weighted by atomic mass is 10.0. The number of esters is 1. The molecule has 0 spiro atoms. The number of hydrogen-bond acceptors (Lipinski definition) is 3. The Morgan fingerprint density at radius 1 is 1.37 bits per heavy atom. The van der Waals surface area contributed by atoms with Crippen LogP contribution >= 0.6 is 23.2 Å². The van der Waals surface area contributed by atoms with Gasteiger partial charge in [0.2, 0.25) is 0 Å². The lowest BCUT2D eigenvalue weighted by molar-refractivity contribution is -0.157. The van der Waals surface area contributed by atoms with Crippen LogP contribution in [0.3, 0.4) is 0 Å². The van der Waals surface area contributed by atoms with Crippen LogP contribution in [0.25, 0.3) is 0 Å². The molecular formula is C14H15Cl2NO2. The van der Waals surface area contributed by atoms with Crippen LogP contribution in [0.1, 0.15) is 26.3 Å². The average molecular weight is 300 g/mol. The molecule has 5 heteroatoms. The fourth-order valence-electron chi connectivity index (χ4n) is 1.46. The highest BCUT2D eigenvalue weighted by molar-refractivity contribution is 6.42.